The minimum absolute atomic E-state index is 0.0943. The summed E-state index contributed by atoms with van der Waals surface area (Å²) in [6, 6.07) is 10.5. The maximum Gasteiger partial charge on any atom is 0.240 e. The number of anilines is 1. The van der Waals surface area contributed by atoms with Crippen LogP contribution in [0, 0.1) is 6.92 Å². The number of halogens is 1. The van der Waals surface area contributed by atoms with E-state index in [1.54, 1.807) is 19.1 Å². The number of likely N-dealkylation sites (N-methyl/N-ethyl adjacent to an activating group) is 1. The molecule has 0 bridgehead atoms. The molecule has 2 aromatic rings. The van der Waals surface area contributed by atoms with Crippen LogP contribution in [-0.4, -0.2) is 33.7 Å². The highest BCUT2D eigenvalue weighted by molar-refractivity contribution is 7.89. The van der Waals surface area contributed by atoms with Gasteiger partial charge in [0.1, 0.15) is 0 Å². The van der Waals surface area contributed by atoms with Gasteiger partial charge in [-0.2, -0.15) is 0 Å². The fourth-order valence-electron chi connectivity index (χ4n) is 3.06. The van der Waals surface area contributed by atoms with E-state index in [2.05, 4.69) is 9.62 Å². The van der Waals surface area contributed by atoms with E-state index in [4.69, 9.17) is 11.6 Å². The molecule has 1 unspecified atom stereocenters. The molecule has 1 heterocycles. The molecule has 5 nitrogen and oxygen atoms in total. The highest BCUT2D eigenvalue weighted by Gasteiger charge is 2.21. The van der Waals surface area contributed by atoms with Crippen LogP contribution < -0.4 is 9.62 Å². The largest absolute Gasteiger partial charge is 0.387 e. The number of sulfonamides is 1. The van der Waals surface area contributed by atoms with Crippen LogP contribution in [0.1, 0.15) is 22.8 Å². The molecule has 7 heteroatoms. The van der Waals surface area contributed by atoms with Gasteiger partial charge < -0.3 is 10.0 Å². The maximum atomic E-state index is 12.5. The summed E-state index contributed by atoms with van der Waals surface area (Å²) in [5.74, 6) is 0. The van der Waals surface area contributed by atoms with Gasteiger partial charge in [0.25, 0.3) is 0 Å². The lowest BCUT2D eigenvalue weighted by Crippen LogP contribution is -2.29. The van der Waals surface area contributed by atoms with E-state index in [0.717, 1.165) is 18.7 Å². The molecular formula is C18H21ClN2O3S. The van der Waals surface area contributed by atoms with Crippen molar-refractivity contribution < 1.29 is 13.5 Å². The van der Waals surface area contributed by atoms with E-state index in [9.17, 15) is 13.5 Å². The van der Waals surface area contributed by atoms with E-state index < -0.39 is 16.1 Å². The van der Waals surface area contributed by atoms with Gasteiger partial charge in [-0.25, -0.2) is 13.1 Å². The molecule has 2 N–H and O–H groups in total. The number of aliphatic hydroxyl groups excluding tert-OH is 1. The average Bonchev–Trinajstić information content (AvgIpc) is 2.95. The molecule has 3 rings (SSSR count). The van der Waals surface area contributed by atoms with Gasteiger partial charge in [0, 0.05) is 30.8 Å². The number of aliphatic hydroxyl groups is 1. The zero-order valence-electron chi connectivity index (χ0n) is 14.2. The first-order valence-corrected chi connectivity index (χ1v) is 9.92. The Kier molecular flexibility index (Phi) is 5.06. The second-order valence-corrected chi connectivity index (χ2v) is 8.43. The third-order valence-electron chi connectivity index (χ3n) is 4.59. The minimum atomic E-state index is -3.74. The Hall–Kier alpha value is -1.60. The van der Waals surface area contributed by atoms with Gasteiger partial charge in [-0.05, 0) is 48.2 Å². The number of hydrogen-bond acceptors (Lipinski definition) is 4. The second-order valence-electron chi connectivity index (χ2n) is 6.29. The van der Waals surface area contributed by atoms with Crippen molar-refractivity contribution in [2.24, 2.45) is 0 Å². The van der Waals surface area contributed by atoms with Gasteiger partial charge in [-0.15, -0.1) is 0 Å². The van der Waals surface area contributed by atoms with Crippen molar-refractivity contribution in [3.05, 3.63) is 58.1 Å². The number of rotatable bonds is 5. The van der Waals surface area contributed by atoms with Crippen molar-refractivity contribution in [1.29, 1.82) is 0 Å². The molecule has 134 valence electrons. The quantitative estimate of drug-likeness (QED) is 0.836. The number of hydrogen-bond donors (Lipinski definition) is 2. The summed E-state index contributed by atoms with van der Waals surface area (Å²) in [5, 5.41) is 10.8. The van der Waals surface area contributed by atoms with Crippen LogP contribution in [0.5, 0.6) is 0 Å². The average molecular weight is 381 g/mol. The van der Waals surface area contributed by atoms with Gasteiger partial charge in [-0.1, -0.05) is 29.8 Å². The van der Waals surface area contributed by atoms with Crippen LogP contribution in [0.15, 0.2) is 41.3 Å². The Morgan fingerprint density at radius 3 is 2.84 bits per heavy atom. The van der Waals surface area contributed by atoms with Gasteiger partial charge >= 0.3 is 0 Å². The Labute approximate surface area is 153 Å². The summed E-state index contributed by atoms with van der Waals surface area (Å²) in [4.78, 5) is 2.29. The first-order valence-electron chi connectivity index (χ1n) is 8.06. The van der Waals surface area contributed by atoms with Crippen LogP contribution in [-0.2, 0) is 16.4 Å². The van der Waals surface area contributed by atoms with Crippen molar-refractivity contribution in [1.82, 2.24) is 4.72 Å². The maximum absolute atomic E-state index is 12.5. The van der Waals surface area contributed by atoms with E-state index in [0.29, 0.717) is 16.1 Å². The number of fused-ring (bicyclic) bond motifs is 1. The highest BCUT2D eigenvalue weighted by atomic mass is 35.5. The Morgan fingerprint density at radius 2 is 2.08 bits per heavy atom. The fraction of sp³-hybridized carbons (Fsp3) is 0.333. The molecule has 0 radical (unpaired) electrons. The van der Waals surface area contributed by atoms with Crippen LogP contribution >= 0.6 is 11.6 Å². The molecule has 0 spiro atoms. The molecule has 2 aromatic carbocycles. The molecular weight excluding hydrogens is 360 g/mol. The second kappa shape index (κ2) is 6.96. The lowest BCUT2D eigenvalue weighted by Gasteiger charge is -2.16. The summed E-state index contributed by atoms with van der Waals surface area (Å²) >= 11 is 6.00. The molecule has 1 aliphatic heterocycles. The Morgan fingerprint density at radius 1 is 1.32 bits per heavy atom. The fourth-order valence-corrected chi connectivity index (χ4v) is 4.59. The lowest BCUT2D eigenvalue weighted by molar-refractivity contribution is 0.182. The third-order valence-corrected chi connectivity index (χ3v) is 6.57. The SMILES string of the molecule is Cc1c(Cl)cccc1S(=O)(=O)NCC(O)c1ccc2c(c1)CCN2C. The summed E-state index contributed by atoms with van der Waals surface area (Å²) in [7, 11) is -1.71. The van der Waals surface area contributed by atoms with Crippen molar-refractivity contribution >= 4 is 27.3 Å². The lowest BCUT2D eigenvalue weighted by atomic mass is 10.0. The smallest absolute Gasteiger partial charge is 0.240 e. The Balaban J connectivity index is 1.74. The third kappa shape index (κ3) is 3.67. The molecule has 0 saturated carbocycles. The van der Waals surface area contributed by atoms with Crippen molar-refractivity contribution in [2.75, 3.05) is 25.0 Å². The number of nitrogens with one attached hydrogen (secondary N) is 1. The molecule has 0 fully saturated rings. The van der Waals surface area contributed by atoms with Crippen LogP contribution in [0.25, 0.3) is 0 Å². The predicted molar refractivity (Wildman–Crippen MR) is 99.8 cm³/mol. The molecule has 0 aliphatic carbocycles. The molecule has 0 amide bonds. The van der Waals surface area contributed by atoms with Crippen molar-refractivity contribution in [2.45, 2.75) is 24.3 Å². The normalized spacial score (nSPS) is 15.3. The summed E-state index contributed by atoms with van der Waals surface area (Å²) in [6.07, 6.45) is 0.0188. The first kappa shape index (κ1) is 18.2. The topological polar surface area (TPSA) is 69.6 Å². The van der Waals surface area contributed by atoms with Gasteiger partial charge in [0.05, 0.1) is 11.0 Å². The number of nitrogens with zero attached hydrogens (tertiary/aromatic N) is 1. The summed E-state index contributed by atoms with van der Waals surface area (Å²) in [5.41, 5.74) is 3.53. The molecule has 0 aromatic heterocycles. The highest BCUT2D eigenvalue weighted by Crippen LogP contribution is 2.29. The van der Waals surface area contributed by atoms with Crippen LogP contribution in [0.3, 0.4) is 0 Å². The monoisotopic (exact) mass is 380 g/mol. The van der Waals surface area contributed by atoms with E-state index in [1.807, 2.05) is 25.2 Å². The summed E-state index contributed by atoms with van der Waals surface area (Å²) < 4.78 is 27.4. The zero-order chi connectivity index (χ0) is 18.2. The van der Waals surface area contributed by atoms with Crippen molar-refractivity contribution in [3.8, 4) is 0 Å². The van der Waals surface area contributed by atoms with E-state index in [1.165, 1.54) is 11.6 Å². The number of benzene rings is 2. The Bertz CT molecular complexity index is 899. The molecule has 1 atom stereocenters. The summed E-state index contributed by atoms with van der Waals surface area (Å²) in [6.45, 7) is 2.52. The molecule has 25 heavy (non-hydrogen) atoms. The minimum Gasteiger partial charge on any atom is -0.387 e. The van der Waals surface area contributed by atoms with Gasteiger partial charge in [-0.3, -0.25) is 0 Å². The molecule has 1 aliphatic rings. The van der Waals surface area contributed by atoms with Crippen LogP contribution in [0.4, 0.5) is 5.69 Å². The van der Waals surface area contributed by atoms with Gasteiger partial charge in [0.2, 0.25) is 10.0 Å². The standard InChI is InChI=1S/C18H21ClN2O3S/c1-12-15(19)4-3-5-18(12)25(23,24)20-11-17(22)14-6-7-16-13(10-14)8-9-21(16)2/h3-7,10,17,20,22H,8-9,11H2,1-2H3. The van der Waals surface area contributed by atoms with Gasteiger partial charge in [0.15, 0.2) is 0 Å². The van der Waals surface area contributed by atoms with Crippen molar-refractivity contribution in [3.63, 3.8) is 0 Å². The zero-order valence-corrected chi connectivity index (χ0v) is 15.7. The van der Waals surface area contributed by atoms with E-state index in [-0.39, 0.29) is 11.4 Å². The first-order chi connectivity index (χ1) is 11.8. The predicted octanol–water partition coefficient (Wildman–Crippen LogP) is 2.65. The van der Waals surface area contributed by atoms with E-state index >= 15 is 0 Å². The van der Waals surface area contributed by atoms with Crippen LogP contribution in [0.2, 0.25) is 5.02 Å². The molecule has 0 saturated heterocycles.